The minimum absolute atomic E-state index is 0.124. The van der Waals surface area contributed by atoms with Gasteiger partial charge >= 0.3 is 0 Å². The summed E-state index contributed by atoms with van der Waals surface area (Å²) in [6.45, 7) is 2.92. The number of hydrogen-bond acceptors (Lipinski definition) is 4. The molecule has 0 radical (unpaired) electrons. The number of aryl methyl sites for hydroxylation is 1. The number of aliphatic hydroxyl groups is 1. The van der Waals surface area contributed by atoms with E-state index in [9.17, 15) is 4.79 Å². The molecule has 5 nitrogen and oxygen atoms in total. The van der Waals surface area contributed by atoms with Crippen molar-refractivity contribution in [1.29, 1.82) is 0 Å². The van der Waals surface area contributed by atoms with Crippen molar-refractivity contribution in [2.24, 2.45) is 13.0 Å². The number of nitrogens with one attached hydrogen (secondary N) is 1. The van der Waals surface area contributed by atoms with E-state index in [1.165, 1.54) is 4.57 Å². The third-order valence-electron chi connectivity index (χ3n) is 2.69. The summed E-state index contributed by atoms with van der Waals surface area (Å²) in [4.78, 5) is 15.6. The van der Waals surface area contributed by atoms with Crippen LogP contribution in [0.1, 0.15) is 19.8 Å². The Morgan fingerprint density at radius 2 is 2.38 bits per heavy atom. The van der Waals surface area contributed by atoms with Crippen LogP contribution >= 0.6 is 0 Å². The van der Waals surface area contributed by atoms with Crippen molar-refractivity contribution in [2.45, 2.75) is 19.8 Å². The van der Waals surface area contributed by atoms with Gasteiger partial charge in [0.25, 0.3) is 5.56 Å². The van der Waals surface area contributed by atoms with Crippen LogP contribution in [-0.2, 0) is 7.05 Å². The molecule has 0 aliphatic rings. The zero-order chi connectivity index (χ0) is 12.0. The maximum atomic E-state index is 11.6. The molecule has 2 N–H and O–H groups in total. The number of aliphatic hydroxyl groups excluding tert-OH is 1. The average molecular weight is 225 g/mol. The molecule has 1 unspecified atom stereocenters. The van der Waals surface area contributed by atoms with Crippen LogP contribution in [0, 0.1) is 5.92 Å². The number of aromatic nitrogens is 2. The second-order valence-electron chi connectivity index (χ2n) is 3.86. The molecule has 1 aromatic heterocycles. The summed E-state index contributed by atoms with van der Waals surface area (Å²) in [6.07, 6.45) is 4.94. The van der Waals surface area contributed by atoms with Crippen molar-refractivity contribution in [3.05, 3.63) is 22.7 Å². The fraction of sp³-hybridized carbons (Fsp3) is 0.636. The third kappa shape index (κ3) is 3.34. The fourth-order valence-corrected chi connectivity index (χ4v) is 1.49. The van der Waals surface area contributed by atoms with Gasteiger partial charge in [0.05, 0.1) is 0 Å². The van der Waals surface area contributed by atoms with Gasteiger partial charge in [-0.3, -0.25) is 4.79 Å². The zero-order valence-electron chi connectivity index (χ0n) is 9.81. The Kier molecular flexibility index (Phi) is 4.98. The van der Waals surface area contributed by atoms with E-state index in [0.29, 0.717) is 18.3 Å². The van der Waals surface area contributed by atoms with Crippen LogP contribution in [0.4, 0.5) is 5.82 Å². The molecule has 0 aromatic carbocycles. The molecule has 0 fully saturated rings. The molecule has 16 heavy (non-hydrogen) atoms. The Balaban J connectivity index is 2.60. The lowest BCUT2D eigenvalue weighted by Gasteiger charge is -2.14. The molecule has 1 rings (SSSR count). The van der Waals surface area contributed by atoms with Crippen LogP contribution in [0.2, 0.25) is 0 Å². The van der Waals surface area contributed by atoms with Crippen molar-refractivity contribution in [3.63, 3.8) is 0 Å². The van der Waals surface area contributed by atoms with E-state index >= 15 is 0 Å². The van der Waals surface area contributed by atoms with E-state index in [2.05, 4.69) is 17.2 Å². The summed E-state index contributed by atoms with van der Waals surface area (Å²) in [5.41, 5.74) is -0.124. The molecule has 1 aromatic rings. The van der Waals surface area contributed by atoms with Crippen LogP contribution < -0.4 is 10.9 Å². The highest BCUT2D eigenvalue weighted by Gasteiger charge is 2.07. The first-order chi connectivity index (χ1) is 7.69. The topological polar surface area (TPSA) is 67.2 Å². The van der Waals surface area contributed by atoms with Crippen molar-refractivity contribution in [3.8, 4) is 0 Å². The number of hydrogen-bond donors (Lipinski definition) is 2. The van der Waals surface area contributed by atoms with Crippen LogP contribution in [0.15, 0.2) is 17.2 Å². The lowest BCUT2D eigenvalue weighted by molar-refractivity contribution is 0.258. The highest BCUT2D eigenvalue weighted by Crippen LogP contribution is 2.07. The Morgan fingerprint density at radius 1 is 1.62 bits per heavy atom. The first-order valence-corrected chi connectivity index (χ1v) is 5.55. The first kappa shape index (κ1) is 12.7. The molecule has 0 saturated heterocycles. The molecule has 0 aliphatic carbocycles. The highest BCUT2D eigenvalue weighted by atomic mass is 16.3. The fourth-order valence-electron chi connectivity index (χ4n) is 1.49. The smallest absolute Gasteiger partial charge is 0.293 e. The summed E-state index contributed by atoms with van der Waals surface area (Å²) in [5, 5.41) is 11.9. The first-order valence-electron chi connectivity index (χ1n) is 5.55. The van der Waals surface area contributed by atoms with Crippen molar-refractivity contribution in [2.75, 3.05) is 18.5 Å². The van der Waals surface area contributed by atoms with E-state index < -0.39 is 0 Å². The van der Waals surface area contributed by atoms with Crippen LogP contribution in [0.3, 0.4) is 0 Å². The molecular formula is C11H19N3O2. The van der Waals surface area contributed by atoms with Gasteiger partial charge in [-0.15, -0.1) is 0 Å². The van der Waals surface area contributed by atoms with E-state index in [1.54, 1.807) is 19.4 Å². The van der Waals surface area contributed by atoms with Gasteiger partial charge in [-0.2, -0.15) is 0 Å². The zero-order valence-corrected chi connectivity index (χ0v) is 9.81. The molecule has 1 heterocycles. The van der Waals surface area contributed by atoms with Crippen LogP contribution in [0.25, 0.3) is 0 Å². The summed E-state index contributed by atoms with van der Waals surface area (Å²) < 4.78 is 1.49. The molecular weight excluding hydrogens is 206 g/mol. The normalized spacial score (nSPS) is 12.4. The summed E-state index contributed by atoms with van der Waals surface area (Å²) >= 11 is 0. The van der Waals surface area contributed by atoms with Crippen molar-refractivity contribution < 1.29 is 5.11 Å². The molecule has 0 aliphatic heterocycles. The lowest BCUT2D eigenvalue weighted by Crippen LogP contribution is -2.25. The maximum absolute atomic E-state index is 11.6. The van der Waals surface area contributed by atoms with Gasteiger partial charge in [0.15, 0.2) is 5.82 Å². The maximum Gasteiger partial charge on any atom is 0.293 e. The van der Waals surface area contributed by atoms with Gasteiger partial charge in [-0.25, -0.2) is 4.98 Å². The monoisotopic (exact) mass is 225 g/mol. The van der Waals surface area contributed by atoms with Gasteiger partial charge in [-0.05, 0) is 12.3 Å². The van der Waals surface area contributed by atoms with Crippen molar-refractivity contribution >= 4 is 5.82 Å². The van der Waals surface area contributed by atoms with E-state index in [0.717, 1.165) is 12.8 Å². The predicted octanol–water partition coefficient (Wildman–Crippen LogP) is 0.601. The average Bonchev–Trinajstić information content (AvgIpc) is 2.29. The standard InChI is InChI=1S/C11H19N3O2/c1-3-9(4-7-15)8-13-10-11(16)14(2)6-5-12-10/h5-6,9,15H,3-4,7-8H2,1-2H3,(H,12,13). The Labute approximate surface area is 95.1 Å². The van der Waals surface area contributed by atoms with E-state index in [1.807, 2.05) is 0 Å². The SMILES string of the molecule is CCC(CCO)CNc1nccn(C)c1=O. The van der Waals surface area contributed by atoms with Gasteiger partial charge in [0.2, 0.25) is 0 Å². The van der Waals surface area contributed by atoms with Gasteiger partial charge < -0.3 is 15.0 Å². The summed E-state index contributed by atoms with van der Waals surface area (Å²) in [6, 6.07) is 0. The lowest BCUT2D eigenvalue weighted by atomic mass is 10.0. The van der Waals surface area contributed by atoms with Gasteiger partial charge in [0, 0.05) is 32.6 Å². The number of anilines is 1. The Morgan fingerprint density at radius 3 is 3.00 bits per heavy atom. The third-order valence-corrected chi connectivity index (χ3v) is 2.69. The highest BCUT2D eigenvalue weighted by molar-refractivity contribution is 5.30. The summed E-state index contributed by atoms with van der Waals surface area (Å²) in [7, 11) is 1.69. The largest absolute Gasteiger partial charge is 0.396 e. The van der Waals surface area contributed by atoms with Gasteiger partial charge in [-0.1, -0.05) is 13.3 Å². The minimum atomic E-state index is -0.124. The minimum Gasteiger partial charge on any atom is -0.396 e. The molecule has 0 spiro atoms. The van der Waals surface area contributed by atoms with E-state index in [-0.39, 0.29) is 12.2 Å². The Bertz CT molecular complexity index is 376. The Hall–Kier alpha value is -1.36. The quantitative estimate of drug-likeness (QED) is 0.744. The predicted molar refractivity (Wildman–Crippen MR) is 63.5 cm³/mol. The van der Waals surface area contributed by atoms with E-state index in [4.69, 9.17) is 5.11 Å². The molecule has 0 bridgehead atoms. The van der Waals surface area contributed by atoms with Gasteiger partial charge in [0.1, 0.15) is 0 Å². The second-order valence-corrected chi connectivity index (χ2v) is 3.86. The summed E-state index contributed by atoms with van der Waals surface area (Å²) in [5.74, 6) is 0.748. The van der Waals surface area contributed by atoms with Crippen LogP contribution in [0.5, 0.6) is 0 Å². The molecule has 5 heteroatoms. The molecule has 90 valence electrons. The number of nitrogens with zero attached hydrogens (tertiary/aromatic N) is 2. The van der Waals surface area contributed by atoms with Crippen LogP contribution in [-0.4, -0.2) is 27.8 Å². The molecule has 0 amide bonds. The number of rotatable bonds is 6. The molecule has 1 atom stereocenters. The molecule has 0 saturated carbocycles. The van der Waals surface area contributed by atoms with Crippen molar-refractivity contribution in [1.82, 2.24) is 9.55 Å². The second kappa shape index (κ2) is 6.27.